The van der Waals surface area contributed by atoms with Crippen LogP contribution in [0.1, 0.15) is 34.1 Å². The summed E-state index contributed by atoms with van der Waals surface area (Å²) in [7, 11) is 1.54. The van der Waals surface area contributed by atoms with E-state index in [9.17, 15) is 19.1 Å². The second-order valence-corrected chi connectivity index (χ2v) is 11.8. The maximum absolute atomic E-state index is 14.1. The number of ketones is 1. The van der Waals surface area contributed by atoms with Crippen LogP contribution in [0.5, 0.6) is 5.75 Å². The Kier molecular flexibility index (Phi) is 7.25. The highest BCUT2D eigenvalue weighted by molar-refractivity contribution is 8.00. The summed E-state index contributed by atoms with van der Waals surface area (Å²) in [6.07, 6.45) is 1.82. The van der Waals surface area contributed by atoms with E-state index in [-0.39, 0.29) is 28.0 Å². The predicted octanol–water partition coefficient (Wildman–Crippen LogP) is 5.87. The van der Waals surface area contributed by atoms with Gasteiger partial charge in [-0.2, -0.15) is 0 Å². The number of carbonyl (C=O) groups excluding carboxylic acids is 2. The second kappa shape index (κ2) is 11.0. The summed E-state index contributed by atoms with van der Waals surface area (Å²) >= 11 is 2.38. The van der Waals surface area contributed by atoms with Gasteiger partial charge in [0.15, 0.2) is 10.1 Å². The third-order valence-electron chi connectivity index (χ3n) is 7.10. The number of fused-ring (bicyclic) bond motifs is 1. The van der Waals surface area contributed by atoms with Gasteiger partial charge in [0.25, 0.3) is 5.78 Å². The van der Waals surface area contributed by atoms with E-state index in [1.165, 1.54) is 29.8 Å². The van der Waals surface area contributed by atoms with Crippen molar-refractivity contribution in [3.05, 3.63) is 106 Å². The van der Waals surface area contributed by atoms with Gasteiger partial charge in [-0.15, -0.1) is 10.2 Å². The molecule has 1 amide bonds. The van der Waals surface area contributed by atoms with Crippen LogP contribution >= 0.6 is 23.1 Å². The topological polar surface area (TPSA) is 110 Å². The molecule has 9 nitrogen and oxygen atoms in total. The van der Waals surface area contributed by atoms with Crippen molar-refractivity contribution >= 4 is 51.3 Å². The summed E-state index contributed by atoms with van der Waals surface area (Å²) in [5, 5.41) is 20.2. The predicted molar refractivity (Wildman–Crippen MR) is 158 cm³/mol. The zero-order valence-electron chi connectivity index (χ0n) is 22.7. The van der Waals surface area contributed by atoms with Crippen molar-refractivity contribution in [1.29, 1.82) is 0 Å². The largest absolute Gasteiger partial charge is 0.505 e. The number of aryl methyl sites for hydroxylation is 2. The average Bonchev–Trinajstić information content (AvgIpc) is 3.67. The molecule has 1 atom stereocenters. The van der Waals surface area contributed by atoms with Gasteiger partial charge in [-0.25, -0.2) is 9.37 Å². The minimum atomic E-state index is -1.00. The molecule has 12 heteroatoms. The Labute approximate surface area is 248 Å². The molecule has 2 aromatic carbocycles. The number of aliphatic hydroxyl groups excluding tert-OH is 1. The number of anilines is 1. The number of Topliss-reactive ketones (excluding diaryl/α,β-unsaturated/α-hetero) is 1. The molecule has 4 heterocycles. The molecule has 1 aliphatic rings. The molecule has 1 aliphatic heterocycles. The van der Waals surface area contributed by atoms with Crippen molar-refractivity contribution in [2.75, 3.05) is 12.0 Å². The molecule has 0 spiro atoms. The molecule has 212 valence electrons. The van der Waals surface area contributed by atoms with E-state index in [1.807, 2.05) is 29.7 Å². The van der Waals surface area contributed by atoms with E-state index in [1.54, 1.807) is 49.4 Å². The van der Waals surface area contributed by atoms with Crippen molar-refractivity contribution in [3.63, 3.8) is 0 Å². The van der Waals surface area contributed by atoms with Gasteiger partial charge in [-0.3, -0.25) is 14.5 Å². The Bertz CT molecular complexity index is 1880. The van der Waals surface area contributed by atoms with Gasteiger partial charge in [0, 0.05) is 11.9 Å². The van der Waals surface area contributed by atoms with Crippen molar-refractivity contribution in [3.8, 4) is 5.75 Å². The van der Waals surface area contributed by atoms with E-state index in [4.69, 9.17) is 4.74 Å². The maximum atomic E-state index is 14.1. The molecule has 1 unspecified atom stereocenters. The fraction of sp³-hybridized carbons (Fsp3) is 0.167. The van der Waals surface area contributed by atoms with Gasteiger partial charge in [-0.1, -0.05) is 59.5 Å². The molecule has 3 aromatic heterocycles. The van der Waals surface area contributed by atoms with Crippen LogP contribution in [0.3, 0.4) is 0 Å². The minimum Gasteiger partial charge on any atom is -0.505 e. The molecular formula is C30H24FN5O4S2. The highest BCUT2D eigenvalue weighted by Gasteiger charge is 2.49. The molecular weight excluding hydrogens is 577 g/mol. The number of benzene rings is 2. The minimum absolute atomic E-state index is 0.106. The number of pyridine rings is 1. The Morgan fingerprint density at radius 1 is 1.07 bits per heavy atom. The van der Waals surface area contributed by atoms with E-state index in [0.717, 1.165) is 16.9 Å². The molecule has 1 N–H and O–H groups in total. The molecule has 5 aromatic rings. The molecule has 1 fully saturated rings. The lowest BCUT2D eigenvalue weighted by Crippen LogP contribution is -2.29. The SMILES string of the molecule is COc1ccc(C2/C(=C(\O)c3nc4c(C)cccn4c3C)C(=O)C(=O)N2c2nnc(SCc3ccccc3F)s2)cc1. The van der Waals surface area contributed by atoms with Crippen LogP contribution in [-0.2, 0) is 15.3 Å². The molecule has 0 bridgehead atoms. The molecule has 0 saturated carbocycles. The third-order valence-corrected chi connectivity index (χ3v) is 9.20. The van der Waals surface area contributed by atoms with E-state index in [0.29, 0.717) is 38.3 Å². The number of imidazole rings is 1. The smallest absolute Gasteiger partial charge is 0.301 e. The summed E-state index contributed by atoms with van der Waals surface area (Å²) in [5.74, 6) is -1.51. The molecule has 1 saturated heterocycles. The van der Waals surface area contributed by atoms with Crippen LogP contribution in [0.4, 0.5) is 9.52 Å². The number of ether oxygens (including phenoxy) is 1. The molecule has 0 aliphatic carbocycles. The van der Waals surface area contributed by atoms with Gasteiger partial charge in [0.2, 0.25) is 5.13 Å². The Morgan fingerprint density at radius 2 is 1.83 bits per heavy atom. The highest BCUT2D eigenvalue weighted by atomic mass is 32.2. The Balaban J connectivity index is 1.44. The number of aliphatic hydroxyl groups is 1. The molecule has 42 heavy (non-hydrogen) atoms. The van der Waals surface area contributed by atoms with Gasteiger partial charge in [-0.05, 0) is 54.8 Å². The quantitative estimate of drug-likeness (QED) is 0.0811. The van der Waals surface area contributed by atoms with Gasteiger partial charge >= 0.3 is 5.91 Å². The molecule has 0 radical (unpaired) electrons. The van der Waals surface area contributed by atoms with E-state index >= 15 is 0 Å². The van der Waals surface area contributed by atoms with Crippen molar-refractivity contribution < 1.29 is 23.8 Å². The van der Waals surface area contributed by atoms with Crippen LogP contribution < -0.4 is 9.64 Å². The second-order valence-electron chi connectivity index (χ2n) is 9.60. The van der Waals surface area contributed by atoms with Gasteiger partial charge < -0.3 is 14.2 Å². The van der Waals surface area contributed by atoms with Crippen LogP contribution in [-0.4, -0.2) is 43.5 Å². The monoisotopic (exact) mass is 601 g/mol. The summed E-state index contributed by atoms with van der Waals surface area (Å²) in [6.45, 7) is 3.69. The summed E-state index contributed by atoms with van der Waals surface area (Å²) in [4.78, 5) is 33.0. The highest BCUT2D eigenvalue weighted by Crippen LogP contribution is 2.44. The number of aromatic nitrogens is 4. The van der Waals surface area contributed by atoms with Crippen LogP contribution in [0.2, 0.25) is 0 Å². The zero-order chi connectivity index (χ0) is 29.5. The van der Waals surface area contributed by atoms with E-state index in [2.05, 4.69) is 15.2 Å². The van der Waals surface area contributed by atoms with E-state index < -0.39 is 17.7 Å². The summed E-state index contributed by atoms with van der Waals surface area (Å²) < 4.78 is 21.7. The van der Waals surface area contributed by atoms with Gasteiger partial charge in [0.1, 0.15) is 22.9 Å². The standard InChI is InChI=1S/C30H24FN5O4S2/c1-16-7-6-14-35-17(2)23(32-27(16)35)25(37)22-24(18-10-12-20(40-3)13-11-18)36(28(39)26(22)38)29-33-34-30(42-29)41-15-19-8-4-5-9-21(19)31/h4-14,24,37H,15H2,1-3H3/b25-22+. The number of amides is 1. The summed E-state index contributed by atoms with van der Waals surface area (Å²) in [5.41, 5.74) is 3.31. The normalized spacial score (nSPS) is 16.5. The first kappa shape index (κ1) is 27.6. The first-order chi connectivity index (χ1) is 20.3. The number of thioether (sulfide) groups is 1. The number of nitrogens with zero attached hydrogens (tertiary/aromatic N) is 5. The number of halogens is 1. The summed E-state index contributed by atoms with van der Waals surface area (Å²) in [6, 6.07) is 16.1. The lowest BCUT2D eigenvalue weighted by Gasteiger charge is -2.22. The average molecular weight is 602 g/mol. The fourth-order valence-corrected chi connectivity index (χ4v) is 6.77. The fourth-order valence-electron chi connectivity index (χ4n) is 4.92. The number of rotatable bonds is 7. The first-order valence-electron chi connectivity index (χ1n) is 12.9. The van der Waals surface area contributed by atoms with Crippen molar-refractivity contribution in [2.24, 2.45) is 0 Å². The number of methoxy groups -OCH3 is 1. The number of hydrogen-bond acceptors (Lipinski definition) is 9. The zero-order valence-corrected chi connectivity index (χ0v) is 24.4. The molecule has 6 rings (SSSR count). The maximum Gasteiger partial charge on any atom is 0.301 e. The third kappa shape index (κ3) is 4.72. The lowest BCUT2D eigenvalue weighted by atomic mass is 9.96. The number of hydrogen-bond donors (Lipinski definition) is 1. The van der Waals surface area contributed by atoms with Crippen LogP contribution in [0.25, 0.3) is 11.4 Å². The van der Waals surface area contributed by atoms with Crippen LogP contribution in [0, 0.1) is 19.7 Å². The van der Waals surface area contributed by atoms with Crippen LogP contribution in [0.15, 0.2) is 76.8 Å². The number of carbonyl (C=O) groups is 2. The lowest BCUT2D eigenvalue weighted by molar-refractivity contribution is -0.132. The van der Waals surface area contributed by atoms with Crippen molar-refractivity contribution in [2.45, 2.75) is 30.0 Å². The Morgan fingerprint density at radius 3 is 2.55 bits per heavy atom. The Hall–Kier alpha value is -4.55. The van der Waals surface area contributed by atoms with Gasteiger partial charge in [0.05, 0.1) is 24.4 Å². The first-order valence-corrected chi connectivity index (χ1v) is 14.7. The van der Waals surface area contributed by atoms with Crippen molar-refractivity contribution in [1.82, 2.24) is 19.6 Å².